The van der Waals surface area contributed by atoms with Gasteiger partial charge in [0.05, 0.1) is 18.1 Å². The molecule has 188 valence electrons. The molecule has 0 aromatic heterocycles. The van der Waals surface area contributed by atoms with E-state index < -0.39 is 20.2 Å². The first-order chi connectivity index (χ1) is 15.3. The van der Waals surface area contributed by atoms with Crippen LogP contribution < -0.4 is 0 Å². The zero-order valence-electron chi connectivity index (χ0n) is 21.5. The van der Waals surface area contributed by atoms with Gasteiger partial charge in [-0.15, -0.1) is 0 Å². The molecular formula is C25H43NO5SSi. The van der Waals surface area contributed by atoms with Gasteiger partial charge in [0.25, 0.3) is 0 Å². The van der Waals surface area contributed by atoms with Gasteiger partial charge in [0.1, 0.15) is 13.2 Å². The van der Waals surface area contributed by atoms with Gasteiger partial charge in [-0.25, -0.2) is 0 Å². The molecule has 1 aliphatic carbocycles. The monoisotopic (exact) mass is 497 g/mol. The van der Waals surface area contributed by atoms with Crippen molar-refractivity contribution in [2.24, 2.45) is 11.8 Å². The molecule has 6 nitrogen and oxygen atoms in total. The van der Waals surface area contributed by atoms with E-state index in [0.29, 0.717) is 5.25 Å². The summed E-state index contributed by atoms with van der Waals surface area (Å²) in [5.41, 5.74) is 0. The lowest BCUT2D eigenvalue weighted by atomic mass is 9.77. The maximum Gasteiger partial charge on any atom is 0.325 e. The molecule has 0 spiro atoms. The van der Waals surface area contributed by atoms with Crippen LogP contribution in [0.5, 0.6) is 0 Å². The van der Waals surface area contributed by atoms with Crippen LogP contribution in [0.25, 0.3) is 0 Å². The van der Waals surface area contributed by atoms with Gasteiger partial charge < -0.3 is 14.1 Å². The van der Waals surface area contributed by atoms with Gasteiger partial charge in [-0.2, -0.15) is 0 Å². The first-order valence-corrected chi connectivity index (χ1v) is 16.0. The molecule has 0 N–H and O–H groups in total. The summed E-state index contributed by atoms with van der Waals surface area (Å²) in [6, 6.07) is -0.364. The maximum absolute atomic E-state index is 13.2. The molecule has 33 heavy (non-hydrogen) atoms. The van der Waals surface area contributed by atoms with Crippen LogP contribution in [-0.2, 0) is 23.5 Å². The van der Waals surface area contributed by atoms with E-state index in [1.165, 1.54) is 42.0 Å². The zero-order valence-corrected chi connectivity index (χ0v) is 23.3. The summed E-state index contributed by atoms with van der Waals surface area (Å²) in [6.07, 6.45) is 6.89. The Balaban J connectivity index is 2.18. The molecule has 1 aliphatic heterocycles. The Kier molecular flexibility index (Phi) is 9.83. The van der Waals surface area contributed by atoms with Crippen LogP contribution in [0.2, 0.25) is 18.1 Å². The van der Waals surface area contributed by atoms with E-state index in [4.69, 9.17) is 9.16 Å². The van der Waals surface area contributed by atoms with Gasteiger partial charge in [-0.05, 0) is 37.9 Å². The predicted molar refractivity (Wildman–Crippen MR) is 137 cm³/mol. The number of amides is 1. The highest BCUT2D eigenvalue weighted by Gasteiger charge is 2.56. The van der Waals surface area contributed by atoms with E-state index in [1.807, 2.05) is 13.8 Å². The van der Waals surface area contributed by atoms with Crippen molar-refractivity contribution in [1.82, 2.24) is 4.90 Å². The Hall–Kier alpha value is -1.12. The molecule has 1 heterocycles. The summed E-state index contributed by atoms with van der Waals surface area (Å²) < 4.78 is 11.7. The minimum Gasteiger partial charge on any atom is -0.460 e. The maximum atomic E-state index is 13.2. The molecule has 0 radical (unpaired) electrons. The molecule has 0 unspecified atom stereocenters. The molecule has 4 atom stereocenters. The minimum absolute atomic E-state index is 0.00992. The standard InChI is InChI=1S/C25H43NO5SSi/c1-9-15-30-20(27)16-26-22(17(2)24(29)32-19-13-11-10-12-14-19)21(23(26)28)18(3)31-33(7,8)25(4,5)6/h9,17-19,21-22H,1,10-16H2,2-8H3/t17-,18-,21-,22-/m1/s1. The summed E-state index contributed by atoms with van der Waals surface area (Å²) in [5, 5.41) is 0.471. The van der Waals surface area contributed by atoms with E-state index in [9.17, 15) is 14.4 Å². The predicted octanol–water partition coefficient (Wildman–Crippen LogP) is 5.18. The molecule has 8 heteroatoms. The van der Waals surface area contributed by atoms with Crippen molar-refractivity contribution >= 4 is 37.1 Å². The van der Waals surface area contributed by atoms with Gasteiger partial charge >= 0.3 is 5.97 Å². The van der Waals surface area contributed by atoms with Crippen LogP contribution in [0.1, 0.15) is 66.7 Å². The fourth-order valence-corrected chi connectivity index (χ4v) is 7.17. The minimum atomic E-state index is -2.10. The molecule has 1 saturated carbocycles. The number of ether oxygens (including phenoxy) is 1. The van der Waals surface area contributed by atoms with Gasteiger partial charge in [-0.1, -0.05) is 71.4 Å². The highest BCUT2D eigenvalue weighted by molar-refractivity contribution is 8.14. The number of rotatable bonds is 10. The second-order valence-electron chi connectivity index (χ2n) is 11.0. The zero-order chi connectivity index (χ0) is 25.0. The number of hydrogen-bond acceptors (Lipinski definition) is 6. The molecule has 2 aliphatic rings. The third-order valence-corrected chi connectivity index (χ3v) is 13.5. The molecule has 1 saturated heterocycles. The fraction of sp³-hybridized carbons (Fsp3) is 0.800. The SMILES string of the molecule is C=CCOC(=O)CN1C(=O)[C@H]([C@@H](C)O[Si](C)(C)C(C)(C)C)[C@H]1[C@@H](C)C(=O)SC1CCCCC1. The Labute approximate surface area is 205 Å². The Bertz CT molecular complexity index is 729. The largest absolute Gasteiger partial charge is 0.460 e. The topological polar surface area (TPSA) is 72.9 Å². The van der Waals surface area contributed by atoms with Gasteiger partial charge in [0.2, 0.25) is 5.91 Å². The number of carbonyl (C=O) groups excluding carboxylic acids is 3. The third-order valence-electron chi connectivity index (χ3n) is 7.47. The molecule has 0 aromatic rings. The molecule has 1 amide bonds. The van der Waals surface area contributed by atoms with E-state index in [-0.39, 0.29) is 47.3 Å². The summed E-state index contributed by atoms with van der Waals surface area (Å²) >= 11 is 1.43. The lowest BCUT2D eigenvalue weighted by Crippen LogP contribution is -2.69. The molecular weight excluding hydrogens is 454 g/mol. The first kappa shape index (κ1) is 28.1. The second kappa shape index (κ2) is 11.5. The van der Waals surface area contributed by atoms with E-state index >= 15 is 0 Å². The summed E-state index contributed by atoms with van der Waals surface area (Å²) in [6.45, 7) is 18.2. The van der Waals surface area contributed by atoms with Crippen molar-refractivity contribution in [3.8, 4) is 0 Å². The highest BCUT2D eigenvalue weighted by Crippen LogP contribution is 2.43. The number of hydrogen-bond donors (Lipinski definition) is 0. The van der Waals surface area contributed by atoms with Crippen LogP contribution >= 0.6 is 11.8 Å². The number of likely N-dealkylation sites (tertiary alicyclic amines) is 1. The number of esters is 1. The number of nitrogens with zero attached hydrogens (tertiary/aromatic N) is 1. The lowest BCUT2D eigenvalue weighted by molar-refractivity contribution is -0.174. The molecule has 2 rings (SSSR count). The molecule has 0 aromatic carbocycles. The molecule has 2 fully saturated rings. The average molecular weight is 498 g/mol. The summed E-state index contributed by atoms with van der Waals surface area (Å²) in [4.78, 5) is 40.2. The third kappa shape index (κ3) is 6.95. The van der Waals surface area contributed by atoms with Gasteiger partial charge in [-0.3, -0.25) is 14.4 Å². The van der Waals surface area contributed by atoms with Crippen LogP contribution in [0.4, 0.5) is 0 Å². The summed E-state index contributed by atoms with van der Waals surface area (Å²) in [7, 11) is -2.10. The van der Waals surface area contributed by atoms with Crippen LogP contribution in [0, 0.1) is 11.8 Å². The summed E-state index contributed by atoms with van der Waals surface area (Å²) in [5.74, 6) is -1.43. The average Bonchev–Trinajstić information content (AvgIpc) is 2.72. The first-order valence-electron chi connectivity index (χ1n) is 12.3. The smallest absolute Gasteiger partial charge is 0.325 e. The van der Waals surface area contributed by atoms with Crippen LogP contribution in [0.15, 0.2) is 12.7 Å². The van der Waals surface area contributed by atoms with E-state index in [1.54, 1.807) is 0 Å². The fourth-order valence-electron chi connectivity index (χ4n) is 4.48. The van der Waals surface area contributed by atoms with Crippen molar-refractivity contribution in [3.05, 3.63) is 12.7 Å². The van der Waals surface area contributed by atoms with Crippen molar-refractivity contribution < 1.29 is 23.5 Å². The second-order valence-corrected chi connectivity index (χ2v) is 17.1. The lowest BCUT2D eigenvalue weighted by Gasteiger charge is -2.52. The van der Waals surface area contributed by atoms with Gasteiger partial charge in [0, 0.05) is 11.2 Å². The number of thioether (sulfide) groups is 1. The highest BCUT2D eigenvalue weighted by atomic mass is 32.2. The van der Waals surface area contributed by atoms with E-state index in [0.717, 1.165) is 12.8 Å². The van der Waals surface area contributed by atoms with Gasteiger partial charge in [0.15, 0.2) is 13.4 Å². The van der Waals surface area contributed by atoms with Crippen LogP contribution in [0.3, 0.4) is 0 Å². The Morgan fingerprint density at radius 2 is 1.82 bits per heavy atom. The number of carbonyl (C=O) groups is 3. The molecule has 0 bridgehead atoms. The van der Waals surface area contributed by atoms with Crippen LogP contribution in [-0.4, -0.2) is 60.8 Å². The van der Waals surface area contributed by atoms with Crippen molar-refractivity contribution in [3.63, 3.8) is 0 Å². The Morgan fingerprint density at radius 1 is 1.21 bits per heavy atom. The number of β-lactam (4-membered cyclic amide) rings is 1. The quantitative estimate of drug-likeness (QED) is 0.179. The Morgan fingerprint density at radius 3 is 2.36 bits per heavy atom. The van der Waals surface area contributed by atoms with Crippen molar-refractivity contribution in [1.29, 1.82) is 0 Å². The van der Waals surface area contributed by atoms with E-state index in [2.05, 4.69) is 40.4 Å². The van der Waals surface area contributed by atoms with Crippen molar-refractivity contribution in [2.75, 3.05) is 13.2 Å². The normalized spacial score (nSPS) is 24.1. The van der Waals surface area contributed by atoms with Crippen molar-refractivity contribution in [2.45, 2.75) is 102 Å².